The third kappa shape index (κ3) is 4.87. The van der Waals surface area contributed by atoms with Crippen molar-refractivity contribution >= 4 is 23.2 Å². The van der Waals surface area contributed by atoms with Crippen molar-refractivity contribution in [2.45, 2.75) is 13.0 Å². The first-order chi connectivity index (χ1) is 11.8. The number of non-ortho nitro benzene ring substituents is 1. The zero-order valence-electron chi connectivity index (χ0n) is 13.0. The van der Waals surface area contributed by atoms with Gasteiger partial charge in [-0.1, -0.05) is 17.7 Å². The van der Waals surface area contributed by atoms with Crippen LogP contribution < -0.4 is 10.1 Å². The number of carbonyl (C=O) groups is 1. The number of nitro groups is 1. The summed E-state index contributed by atoms with van der Waals surface area (Å²) in [5.74, 6) is -1.95. The fourth-order valence-electron chi connectivity index (χ4n) is 2.08. The van der Waals surface area contributed by atoms with Gasteiger partial charge in [-0.05, 0) is 19.1 Å². The first-order valence-electron chi connectivity index (χ1n) is 7.09. The normalized spacial score (nSPS) is 11.7. The van der Waals surface area contributed by atoms with E-state index in [0.717, 1.165) is 18.2 Å². The first kappa shape index (κ1) is 18.6. The summed E-state index contributed by atoms with van der Waals surface area (Å²) in [6, 6.07) is 5.92. The van der Waals surface area contributed by atoms with Crippen LogP contribution in [0.25, 0.3) is 0 Å². The van der Waals surface area contributed by atoms with E-state index in [1.807, 2.05) is 0 Å². The van der Waals surface area contributed by atoms with Crippen molar-refractivity contribution in [3.8, 4) is 5.75 Å². The Hall–Kier alpha value is -2.74. The van der Waals surface area contributed by atoms with Crippen molar-refractivity contribution in [2.24, 2.45) is 0 Å². The summed E-state index contributed by atoms with van der Waals surface area (Å²) in [4.78, 5) is 21.9. The number of hydrogen-bond donors (Lipinski definition) is 1. The molecule has 0 spiro atoms. The van der Waals surface area contributed by atoms with Gasteiger partial charge in [0.1, 0.15) is 17.4 Å². The number of amides is 1. The SMILES string of the molecule is C[C@H](NC(=O)COc1ccc([N+](=O)[O-])cc1Cl)c1ccc(F)cc1F. The van der Waals surface area contributed by atoms with E-state index < -0.39 is 35.1 Å². The van der Waals surface area contributed by atoms with E-state index in [0.29, 0.717) is 0 Å². The highest BCUT2D eigenvalue weighted by Gasteiger charge is 2.16. The molecule has 0 saturated carbocycles. The fraction of sp³-hybridized carbons (Fsp3) is 0.188. The van der Waals surface area contributed by atoms with Crippen LogP contribution in [0.2, 0.25) is 5.02 Å². The lowest BCUT2D eigenvalue weighted by Gasteiger charge is -2.15. The summed E-state index contributed by atoms with van der Waals surface area (Å²) in [5, 5.41) is 13.1. The second-order valence-electron chi connectivity index (χ2n) is 5.12. The molecule has 2 rings (SSSR count). The van der Waals surface area contributed by atoms with E-state index in [2.05, 4.69) is 5.32 Å². The Bertz CT molecular complexity index is 817. The summed E-state index contributed by atoms with van der Waals surface area (Å²) in [7, 11) is 0. The van der Waals surface area contributed by atoms with E-state index in [4.69, 9.17) is 16.3 Å². The zero-order chi connectivity index (χ0) is 18.6. The van der Waals surface area contributed by atoms with Gasteiger partial charge in [-0.15, -0.1) is 0 Å². The second kappa shape index (κ2) is 7.89. The topological polar surface area (TPSA) is 81.5 Å². The van der Waals surface area contributed by atoms with Crippen molar-refractivity contribution in [3.05, 3.63) is 68.7 Å². The van der Waals surface area contributed by atoms with Crippen molar-refractivity contribution in [1.82, 2.24) is 5.32 Å². The summed E-state index contributed by atoms with van der Waals surface area (Å²) in [6.07, 6.45) is 0. The Morgan fingerprint density at radius 2 is 2.04 bits per heavy atom. The van der Waals surface area contributed by atoms with E-state index in [9.17, 15) is 23.7 Å². The molecule has 0 aromatic heterocycles. The predicted octanol–water partition coefficient (Wildman–Crippen LogP) is 3.78. The summed E-state index contributed by atoms with van der Waals surface area (Å²) in [6.45, 7) is 1.11. The molecule has 25 heavy (non-hydrogen) atoms. The molecule has 0 aliphatic heterocycles. The average molecular weight is 371 g/mol. The molecule has 0 heterocycles. The monoisotopic (exact) mass is 370 g/mol. The first-order valence-corrected chi connectivity index (χ1v) is 7.46. The second-order valence-corrected chi connectivity index (χ2v) is 5.52. The van der Waals surface area contributed by atoms with E-state index in [1.54, 1.807) is 0 Å². The Morgan fingerprint density at radius 1 is 1.32 bits per heavy atom. The minimum absolute atomic E-state index is 0.0142. The lowest BCUT2D eigenvalue weighted by Crippen LogP contribution is -2.31. The number of carbonyl (C=O) groups excluding carboxylic acids is 1. The molecule has 0 aliphatic carbocycles. The van der Waals surface area contributed by atoms with Crippen molar-refractivity contribution in [1.29, 1.82) is 0 Å². The lowest BCUT2D eigenvalue weighted by molar-refractivity contribution is -0.384. The molecule has 0 fully saturated rings. The van der Waals surface area contributed by atoms with Crippen LogP contribution >= 0.6 is 11.6 Å². The smallest absolute Gasteiger partial charge is 0.271 e. The van der Waals surface area contributed by atoms with E-state index in [1.165, 1.54) is 25.1 Å². The van der Waals surface area contributed by atoms with Crippen molar-refractivity contribution in [3.63, 3.8) is 0 Å². The molecule has 0 bridgehead atoms. The molecule has 0 radical (unpaired) electrons. The quantitative estimate of drug-likeness (QED) is 0.619. The van der Waals surface area contributed by atoms with Gasteiger partial charge in [-0.2, -0.15) is 0 Å². The third-order valence-corrected chi connectivity index (χ3v) is 3.59. The van der Waals surface area contributed by atoms with Gasteiger partial charge in [0.05, 0.1) is 16.0 Å². The van der Waals surface area contributed by atoms with Crippen LogP contribution in [0, 0.1) is 21.7 Å². The highest BCUT2D eigenvalue weighted by atomic mass is 35.5. The molecular formula is C16H13ClF2N2O4. The maximum Gasteiger partial charge on any atom is 0.271 e. The molecule has 1 amide bonds. The minimum atomic E-state index is -0.771. The maximum absolute atomic E-state index is 13.7. The molecule has 9 heteroatoms. The molecule has 0 aliphatic rings. The number of benzene rings is 2. The Morgan fingerprint density at radius 3 is 2.64 bits per heavy atom. The highest BCUT2D eigenvalue weighted by molar-refractivity contribution is 6.32. The average Bonchev–Trinajstić information content (AvgIpc) is 2.53. The van der Waals surface area contributed by atoms with Gasteiger partial charge in [-0.25, -0.2) is 8.78 Å². The van der Waals surface area contributed by atoms with Gasteiger partial charge in [-0.3, -0.25) is 14.9 Å². The van der Waals surface area contributed by atoms with Gasteiger partial charge >= 0.3 is 0 Å². The van der Waals surface area contributed by atoms with Gasteiger partial charge in [0.25, 0.3) is 11.6 Å². The Kier molecular flexibility index (Phi) is 5.87. The van der Waals surface area contributed by atoms with Crippen LogP contribution in [0.3, 0.4) is 0 Å². The van der Waals surface area contributed by atoms with Gasteiger partial charge in [0, 0.05) is 23.8 Å². The van der Waals surface area contributed by atoms with Crippen LogP contribution in [0.5, 0.6) is 5.75 Å². The number of hydrogen-bond acceptors (Lipinski definition) is 4. The molecule has 2 aromatic carbocycles. The summed E-state index contributed by atoms with van der Waals surface area (Å²) in [5.41, 5.74) is -0.0784. The zero-order valence-corrected chi connectivity index (χ0v) is 13.7. The maximum atomic E-state index is 13.7. The third-order valence-electron chi connectivity index (χ3n) is 3.29. The van der Waals surface area contributed by atoms with E-state index >= 15 is 0 Å². The molecular weight excluding hydrogens is 358 g/mol. The van der Waals surface area contributed by atoms with Crippen LogP contribution in [0.4, 0.5) is 14.5 Å². The van der Waals surface area contributed by atoms with Crippen LogP contribution in [0.15, 0.2) is 36.4 Å². The van der Waals surface area contributed by atoms with Gasteiger partial charge in [0.15, 0.2) is 6.61 Å². The molecule has 0 saturated heterocycles. The Balaban J connectivity index is 1.95. The highest BCUT2D eigenvalue weighted by Crippen LogP contribution is 2.28. The number of nitrogens with one attached hydrogen (secondary N) is 1. The van der Waals surface area contributed by atoms with Gasteiger partial charge in [0.2, 0.25) is 0 Å². The fourth-order valence-corrected chi connectivity index (χ4v) is 2.31. The predicted molar refractivity (Wildman–Crippen MR) is 86.5 cm³/mol. The Labute approximate surface area is 146 Å². The molecule has 132 valence electrons. The number of halogens is 3. The van der Waals surface area contributed by atoms with Crippen LogP contribution in [0.1, 0.15) is 18.5 Å². The standard InChI is InChI=1S/C16H13ClF2N2O4/c1-9(12-4-2-10(18)6-14(12)19)20-16(22)8-25-15-5-3-11(21(23)24)7-13(15)17/h2-7,9H,8H2,1H3,(H,20,22)/t9-/m0/s1. The van der Waals surface area contributed by atoms with Crippen molar-refractivity contribution in [2.75, 3.05) is 6.61 Å². The number of rotatable bonds is 6. The van der Waals surface area contributed by atoms with Crippen LogP contribution in [-0.2, 0) is 4.79 Å². The lowest BCUT2D eigenvalue weighted by atomic mass is 10.1. The van der Waals surface area contributed by atoms with Gasteiger partial charge < -0.3 is 10.1 Å². The molecule has 1 atom stereocenters. The largest absolute Gasteiger partial charge is 0.482 e. The number of nitrogens with zero attached hydrogens (tertiary/aromatic N) is 1. The summed E-state index contributed by atoms with van der Waals surface area (Å²) >= 11 is 5.85. The van der Waals surface area contributed by atoms with Crippen molar-refractivity contribution < 1.29 is 23.2 Å². The minimum Gasteiger partial charge on any atom is -0.482 e. The van der Waals surface area contributed by atoms with E-state index in [-0.39, 0.29) is 22.0 Å². The molecule has 0 unspecified atom stereocenters. The molecule has 2 aromatic rings. The number of ether oxygens (including phenoxy) is 1. The van der Waals surface area contributed by atoms with Crippen LogP contribution in [-0.4, -0.2) is 17.4 Å². The molecule has 1 N–H and O–H groups in total. The summed E-state index contributed by atoms with van der Waals surface area (Å²) < 4.78 is 31.8. The number of nitro benzene ring substituents is 1. The molecule has 6 nitrogen and oxygen atoms in total.